The summed E-state index contributed by atoms with van der Waals surface area (Å²) in [4.78, 5) is 15.7. The van der Waals surface area contributed by atoms with Crippen molar-refractivity contribution in [2.75, 3.05) is 38.6 Å². The number of fused-ring (bicyclic) bond motifs is 1. The number of rotatable bonds is 19. The summed E-state index contributed by atoms with van der Waals surface area (Å²) in [6.45, 7) is 10.7. The maximum absolute atomic E-state index is 13.3. The first-order chi connectivity index (χ1) is 19.8. The van der Waals surface area contributed by atoms with E-state index >= 15 is 0 Å². The Balaban J connectivity index is 0.00000616. The molecule has 0 fully saturated rings. The summed E-state index contributed by atoms with van der Waals surface area (Å²) in [6.07, 6.45) is 15.2. The van der Waals surface area contributed by atoms with Gasteiger partial charge in [0.2, 0.25) is 11.2 Å². The van der Waals surface area contributed by atoms with Gasteiger partial charge >= 0.3 is 0 Å². The molecule has 0 aliphatic rings. The minimum atomic E-state index is -0.368. The fourth-order valence-electron chi connectivity index (χ4n) is 5.67. The van der Waals surface area contributed by atoms with Gasteiger partial charge in [-0.3, -0.25) is 4.79 Å². The van der Waals surface area contributed by atoms with Crippen LogP contribution in [0.15, 0.2) is 51.7 Å². The van der Waals surface area contributed by atoms with Crippen LogP contribution >= 0.6 is 0 Å². The molecule has 0 saturated carbocycles. The lowest BCUT2D eigenvalue weighted by Gasteiger charge is -2.30. The van der Waals surface area contributed by atoms with Crippen LogP contribution in [0.25, 0.3) is 22.3 Å². The fourth-order valence-corrected chi connectivity index (χ4v) is 5.67. The zero-order valence-electron chi connectivity index (χ0n) is 26.9. The Morgan fingerprint density at radius 2 is 1.33 bits per heavy atom. The van der Waals surface area contributed by atoms with Crippen molar-refractivity contribution >= 4 is 16.7 Å². The van der Waals surface area contributed by atoms with Crippen molar-refractivity contribution in [3.8, 4) is 17.1 Å². The average molecular weight is 644 g/mol. The van der Waals surface area contributed by atoms with E-state index in [1.54, 1.807) is 0 Å². The second-order valence-electron chi connectivity index (χ2n) is 12.5. The van der Waals surface area contributed by atoms with Crippen molar-refractivity contribution < 1.29 is 31.0 Å². The quantitative estimate of drug-likeness (QED) is 0.123. The van der Waals surface area contributed by atoms with Gasteiger partial charge in [0.25, 0.3) is 0 Å². The molecule has 0 amide bonds. The second kappa shape index (κ2) is 18.4. The van der Waals surface area contributed by atoms with Crippen LogP contribution in [0.5, 0.6) is 5.75 Å². The van der Waals surface area contributed by atoms with Gasteiger partial charge in [-0.25, -0.2) is 0 Å². The smallest absolute Gasteiger partial charge is 0.235 e. The maximum atomic E-state index is 13.3. The molecular weight excluding hydrogens is 588 g/mol. The van der Waals surface area contributed by atoms with E-state index in [1.165, 1.54) is 51.4 Å². The van der Waals surface area contributed by atoms with E-state index in [9.17, 15) is 9.90 Å². The molecule has 0 spiro atoms. The molecular formula is C36H55BrN2O3. The monoisotopic (exact) mass is 642 g/mol. The van der Waals surface area contributed by atoms with E-state index in [2.05, 4.69) is 58.0 Å². The third-order valence-corrected chi connectivity index (χ3v) is 8.22. The molecule has 0 atom stereocenters. The molecule has 5 nitrogen and oxygen atoms in total. The summed E-state index contributed by atoms with van der Waals surface area (Å²) in [5.74, 6) is -0.0785. The van der Waals surface area contributed by atoms with Crippen molar-refractivity contribution in [3.05, 3.63) is 58.3 Å². The average Bonchev–Trinajstić information content (AvgIpc) is 2.96. The SMILES string of the molecule is CCCCCCCCCC[N+](C)(C)Cc1ccc2oc(-c3ccc(N(CCCC)CCCC)cc3)c(O)c(=O)c2c1.[Br-]. The lowest BCUT2D eigenvalue weighted by Crippen LogP contribution is -3.00. The van der Waals surface area contributed by atoms with Crippen LogP contribution in [0.3, 0.4) is 0 Å². The highest BCUT2D eigenvalue weighted by molar-refractivity contribution is 5.82. The Morgan fingerprint density at radius 3 is 1.93 bits per heavy atom. The Labute approximate surface area is 265 Å². The van der Waals surface area contributed by atoms with Gasteiger partial charge in [0.05, 0.1) is 26.0 Å². The van der Waals surface area contributed by atoms with E-state index in [4.69, 9.17) is 4.42 Å². The summed E-state index contributed by atoms with van der Waals surface area (Å²) >= 11 is 0. The number of hydrogen-bond donors (Lipinski definition) is 1. The first-order valence-corrected chi connectivity index (χ1v) is 16.3. The number of halogens is 1. The van der Waals surface area contributed by atoms with Crippen LogP contribution in [0.4, 0.5) is 5.69 Å². The molecule has 0 radical (unpaired) electrons. The molecule has 0 unspecified atom stereocenters. The zero-order valence-corrected chi connectivity index (χ0v) is 28.5. The predicted octanol–water partition coefficient (Wildman–Crippen LogP) is 6.29. The Hall–Kier alpha value is -2.31. The normalized spacial score (nSPS) is 11.5. The first-order valence-electron chi connectivity index (χ1n) is 16.3. The molecule has 3 aromatic rings. The Morgan fingerprint density at radius 1 is 0.762 bits per heavy atom. The largest absolute Gasteiger partial charge is 1.00 e. The second-order valence-corrected chi connectivity index (χ2v) is 12.5. The van der Waals surface area contributed by atoms with Crippen molar-refractivity contribution in [2.24, 2.45) is 0 Å². The topological polar surface area (TPSA) is 53.7 Å². The lowest BCUT2D eigenvalue weighted by molar-refractivity contribution is -0.903. The Bertz CT molecular complexity index is 1240. The lowest BCUT2D eigenvalue weighted by atomic mass is 10.1. The summed E-state index contributed by atoms with van der Waals surface area (Å²) in [7, 11) is 4.51. The molecule has 3 rings (SSSR count). The van der Waals surface area contributed by atoms with Gasteiger partial charge in [-0.15, -0.1) is 0 Å². The Kier molecular flexibility index (Phi) is 15.7. The molecule has 42 heavy (non-hydrogen) atoms. The van der Waals surface area contributed by atoms with Crippen LogP contribution in [-0.2, 0) is 6.54 Å². The van der Waals surface area contributed by atoms with Crippen molar-refractivity contribution in [3.63, 3.8) is 0 Å². The van der Waals surface area contributed by atoms with Gasteiger partial charge in [0.15, 0.2) is 5.76 Å². The van der Waals surface area contributed by atoms with Crippen LogP contribution in [0.2, 0.25) is 0 Å². The number of hydrogen-bond acceptors (Lipinski definition) is 4. The molecule has 0 saturated heterocycles. The predicted molar refractivity (Wildman–Crippen MR) is 175 cm³/mol. The molecule has 0 aliphatic carbocycles. The van der Waals surface area contributed by atoms with Gasteiger partial charge in [-0.2, -0.15) is 0 Å². The van der Waals surface area contributed by atoms with E-state index in [1.807, 2.05) is 24.3 Å². The van der Waals surface area contributed by atoms with Crippen LogP contribution in [0, 0.1) is 0 Å². The third kappa shape index (κ3) is 10.8. The summed E-state index contributed by atoms with van der Waals surface area (Å²) < 4.78 is 7.00. The van der Waals surface area contributed by atoms with Crippen molar-refractivity contribution in [1.82, 2.24) is 0 Å². The minimum Gasteiger partial charge on any atom is -1.00 e. The van der Waals surface area contributed by atoms with Crippen molar-refractivity contribution in [2.45, 2.75) is 104 Å². The van der Waals surface area contributed by atoms with Crippen molar-refractivity contribution in [1.29, 1.82) is 0 Å². The summed E-state index contributed by atoms with van der Waals surface area (Å²) in [5, 5.41) is 11.3. The number of nitrogens with zero attached hydrogens (tertiary/aromatic N) is 2. The fraction of sp³-hybridized carbons (Fsp3) is 0.583. The third-order valence-electron chi connectivity index (χ3n) is 8.22. The highest BCUT2D eigenvalue weighted by atomic mass is 79.9. The highest BCUT2D eigenvalue weighted by Gasteiger charge is 2.19. The number of unbranched alkanes of at least 4 members (excludes halogenated alkanes) is 9. The summed E-state index contributed by atoms with van der Waals surface area (Å²) in [6, 6.07) is 13.9. The zero-order chi connectivity index (χ0) is 29.7. The van der Waals surface area contributed by atoms with Crippen LogP contribution in [0.1, 0.15) is 103 Å². The number of benzene rings is 2. The number of aromatic hydroxyl groups is 1. The molecule has 1 aromatic heterocycles. The molecule has 0 bridgehead atoms. The van der Waals surface area contributed by atoms with E-state index in [-0.39, 0.29) is 33.9 Å². The molecule has 2 aromatic carbocycles. The minimum absolute atomic E-state index is 0. The van der Waals surface area contributed by atoms with Gasteiger partial charge < -0.3 is 35.9 Å². The number of quaternary nitrogens is 1. The molecule has 1 N–H and O–H groups in total. The van der Waals surface area contributed by atoms with Gasteiger partial charge in [0.1, 0.15) is 12.1 Å². The molecule has 6 heteroatoms. The molecule has 1 heterocycles. The van der Waals surface area contributed by atoms with E-state index in [0.29, 0.717) is 16.5 Å². The highest BCUT2D eigenvalue weighted by Crippen LogP contribution is 2.32. The number of anilines is 1. The van der Waals surface area contributed by atoms with Crippen LogP contribution < -0.4 is 27.3 Å². The standard InChI is InChI=1S/C36H54N2O3.BrH/c1-6-9-12-13-14-15-16-17-26-38(4,5)28-29-18-23-33-32(27-29)34(39)35(40)36(41-33)30-19-21-31(22-20-30)37(24-10-7-2)25-11-8-3;/h18-23,27H,6-17,24-26,28H2,1-5H3;1H. The summed E-state index contributed by atoms with van der Waals surface area (Å²) in [5.41, 5.74) is 3.11. The van der Waals surface area contributed by atoms with Gasteiger partial charge in [0, 0.05) is 29.9 Å². The van der Waals surface area contributed by atoms with E-state index in [0.717, 1.165) is 67.6 Å². The molecule has 0 aliphatic heterocycles. The first kappa shape index (κ1) is 35.9. The maximum Gasteiger partial charge on any atom is 0.235 e. The van der Waals surface area contributed by atoms with E-state index < -0.39 is 0 Å². The van der Waals surface area contributed by atoms with Gasteiger partial charge in [-0.05, 0) is 68.1 Å². The van der Waals surface area contributed by atoms with Gasteiger partial charge in [-0.1, -0.05) is 72.1 Å². The molecule has 234 valence electrons. The van der Waals surface area contributed by atoms with Crippen LogP contribution in [-0.4, -0.2) is 43.3 Å².